The minimum Gasteiger partial charge on any atom is -0.309 e. The van der Waals surface area contributed by atoms with E-state index in [9.17, 15) is 4.79 Å². The van der Waals surface area contributed by atoms with Crippen molar-refractivity contribution in [3.8, 4) is 0 Å². The van der Waals surface area contributed by atoms with Crippen LogP contribution in [0.1, 0.15) is 20.8 Å². The number of nitrogens with zero attached hydrogens (tertiary/aromatic N) is 1. The average Bonchev–Trinajstić information content (AvgIpc) is 2.39. The number of allylic oxidation sites excluding steroid dienone is 1. The van der Waals surface area contributed by atoms with Crippen LogP contribution in [0.15, 0.2) is 54.1 Å². The van der Waals surface area contributed by atoms with Crippen molar-refractivity contribution < 1.29 is 4.79 Å². The molecule has 0 unspecified atom stereocenters. The number of anilines is 1. The van der Waals surface area contributed by atoms with Crippen LogP contribution >= 0.6 is 0 Å². The van der Waals surface area contributed by atoms with Gasteiger partial charge in [0.1, 0.15) is 0 Å². The minimum atomic E-state index is 0.0406. The third kappa shape index (κ3) is 2.84. The molecule has 0 aliphatic rings. The van der Waals surface area contributed by atoms with Gasteiger partial charge in [-0.25, -0.2) is 0 Å². The fourth-order valence-electron chi connectivity index (χ4n) is 2.21. The van der Waals surface area contributed by atoms with E-state index in [0.717, 1.165) is 22.0 Å². The van der Waals surface area contributed by atoms with Crippen molar-refractivity contribution in [2.75, 3.05) is 11.4 Å². The summed E-state index contributed by atoms with van der Waals surface area (Å²) in [6, 6.07) is 14.2. The summed E-state index contributed by atoms with van der Waals surface area (Å²) in [5.74, 6) is 0.0406. The molecule has 0 aromatic heterocycles. The molecule has 0 fully saturated rings. The number of fused-ring (bicyclic) bond motifs is 1. The molecule has 19 heavy (non-hydrogen) atoms. The minimum absolute atomic E-state index is 0.0406. The largest absolute Gasteiger partial charge is 0.309 e. The summed E-state index contributed by atoms with van der Waals surface area (Å²) in [5.41, 5.74) is 1.99. The fourth-order valence-corrected chi connectivity index (χ4v) is 2.21. The fraction of sp³-hybridized carbons (Fsp3) is 0.235. The predicted octanol–water partition coefficient (Wildman–Crippen LogP) is 4.16. The van der Waals surface area contributed by atoms with Gasteiger partial charge in [0.05, 0.1) is 5.69 Å². The lowest BCUT2D eigenvalue weighted by atomic mass is 10.1. The SMILES string of the molecule is CCN(C(=O)C=C(C)C)c1cccc2ccccc12. The molecule has 2 aromatic carbocycles. The number of amides is 1. The van der Waals surface area contributed by atoms with E-state index in [0.29, 0.717) is 6.54 Å². The van der Waals surface area contributed by atoms with Gasteiger partial charge < -0.3 is 4.90 Å². The second-order valence-corrected chi connectivity index (χ2v) is 4.80. The van der Waals surface area contributed by atoms with Crippen LogP contribution in [0.25, 0.3) is 10.8 Å². The maximum atomic E-state index is 12.3. The third-order valence-corrected chi connectivity index (χ3v) is 3.05. The first-order valence-corrected chi connectivity index (χ1v) is 6.57. The maximum Gasteiger partial charge on any atom is 0.250 e. The summed E-state index contributed by atoms with van der Waals surface area (Å²) in [6.07, 6.45) is 1.69. The van der Waals surface area contributed by atoms with E-state index in [4.69, 9.17) is 0 Å². The Hall–Kier alpha value is -2.09. The Bertz CT molecular complexity index is 619. The van der Waals surface area contributed by atoms with E-state index >= 15 is 0 Å². The van der Waals surface area contributed by atoms with Gasteiger partial charge in [-0.1, -0.05) is 42.0 Å². The van der Waals surface area contributed by atoms with Gasteiger partial charge in [0.2, 0.25) is 0 Å². The van der Waals surface area contributed by atoms with E-state index in [1.54, 1.807) is 6.08 Å². The molecule has 0 spiro atoms. The summed E-state index contributed by atoms with van der Waals surface area (Å²) < 4.78 is 0. The number of hydrogen-bond donors (Lipinski definition) is 0. The maximum absolute atomic E-state index is 12.3. The number of benzene rings is 2. The van der Waals surface area contributed by atoms with Crippen molar-refractivity contribution in [2.45, 2.75) is 20.8 Å². The molecule has 0 aliphatic heterocycles. The molecule has 0 radical (unpaired) electrons. The second kappa shape index (κ2) is 5.70. The molecule has 2 rings (SSSR count). The summed E-state index contributed by atoms with van der Waals surface area (Å²) in [4.78, 5) is 14.1. The van der Waals surface area contributed by atoms with Gasteiger partial charge in [0, 0.05) is 18.0 Å². The Kier molecular flexibility index (Phi) is 4.00. The van der Waals surface area contributed by atoms with Crippen LogP contribution in [0, 0.1) is 0 Å². The Morgan fingerprint density at radius 3 is 2.47 bits per heavy atom. The number of rotatable bonds is 3. The van der Waals surface area contributed by atoms with E-state index < -0.39 is 0 Å². The predicted molar refractivity (Wildman–Crippen MR) is 81.4 cm³/mol. The second-order valence-electron chi connectivity index (χ2n) is 4.80. The van der Waals surface area contributed by atoms with Crippen LogP contribution in [0.4, 0.5) is 5.69 Å². The summed E-state index contributed by atoms with van der Waals surface area (Å²) in [6.45, 7) is 6.54. The van der Waals surface area contributed by atoms with Gasteiger partial charge in [-0.3, -0.25) is 4.79 Å². The molecule has 98 valence electrons. The van der Waals surface area contributed by atoms with Crippen LogP contribution in [-0.4, -0.2) is 12.5 Å². The normalized spacial score (nSPS) is 10.3. The number of carbonyl (C=O) groups excluding carboxylic acids is 1. The zero-order valence-corrected chi connectivity index (χ0v) is 11.7. The summed E-state index contributed by atoms with van der Waals surface area (Å²) in [5, 5.41) is 2.27. The first-order valence-electron chi connectivity index (χ1n) is 6.57. The molecule has 0 N–H and O–H groups in total. The van der Waals surface area contributed by atoms with Gasteiger partial charge in [-0.05, 0) is 32.2 Å². The van der Waals surface area contributed by atoms with E-state index in [2.05, 4.69) is 18.2 Å². The van der Waals surface area contributed by atoms with Crippen LogP contribution in [0.2, 0.25) is 0 Å². The number of carbonyl (C=O) groups is 1. The average molecular weight is 253 g/mol. The standard InChI is InChI=1S/C17H19NO/c1-4-18(17(19)12-13(2)3)16-11-7-9-14-8-5-6-10-15(14)16/h5-12H,4H2,1-3H3. The Balaban J connectivity index is 2.52. The summed E-state index contributed by atoms with van der Waals surface area (Å²) >= 11 is 0. The van der Waals surface area contributed by atoms with Crippen LogP contribution in [0.5, 0.6) is 0 Å². The molecule has 2 nitrogen and oxygen atoms in total. The lowest BCUT2D eigenvalue weighted by Gasteiger charge is -2.21. The van der Waals surface area contributed by atoms with E-state index in [-0.39, 0.29) is 5.91 Å². The molecule has 1 amide bonds. The lowest BCUT2D eigenvalue weighted by molar-refractivity contribution is -0.114. The molecule has 0 saturated carbocycles. The van der Waals surface area contributed by atoms with Crippen molar-refractivity contribution in [3.63, 3.8) is 0 Å². The Morgan fingerprint density at radius 2 is 1.79 bits per heavy atom. The third-order valence-electron chi connectivity index (χ3n) is 3.05. The Morgan fingerprint density at radius 1 is 1.11 bits per heavy atom. The van der Waals surface area contributed by atoms with Gasteiger partial charge in [0.25, 0.3) is 5.91 Å². The van der Waals surface area contributed by atoms with Crippen molar-refractivity contribution in [1.29, 1.82) is 0 Å². The molecule has 2 aromatic rings. The van der Waals surface area contributed by atoms with Crippen molar-refractivity contribution in [1.82, 2.24) is 0 Å². The lowest BCUT2D eigenvalue weighted by Crippen LogP contribution is -2.29. The first kappa shape index (κ1) is 13.3. The van der Waals surface area contributed by atoms with Crippen molar-refractivity contribution in [3.05, 3.63) is 54.1 Å². The quantitative estimate of drug-likeness (QED) is 0.752. The topological polar surface area (TPSA) is 20.3 Å². The van der Waals surface area contributed by atoms with Crippen LogP contribution in [-0.2, 0) is 4.79 Å². The van der Waals surface area contributed by atoms with Crippen molar-refractivity contribution in [2.24, 2.45) is 0 Å². The highest BCUT2D eigenvalue weighted by molar-refractivity contribution is 6.07. The van der Waals surface area contributed by atoms with Crippen LogP contribution in [0.3, 0.4) is 0 Å². The first-order chi connectivity index (χ1) is 9.13. The van der Waals surface area contributed by atoms with E-state index in [1.165, 1.54) is 0 Å². The zero-order valence-electron chi connectivity index (χ0n) is 11.7. The number of hydrogen-bond acceptors (Lipinski definition) is 1. The molecular weight excluding hydrogens is 234 g/mol. The summed E-state index contributed by atoms with van der Waals surface area (Å²) in [7, 11) is 0. The highest BCUT2D eigenvalue weighted by Gasteiger charge is 2.13. The van der Waals surface area contributed by atoms with Gasteiger partial charge in [0.15, 0.2) is 0 Å². The molecule has 0 aliphatic carbocycles. The van der Waals surface area contributed by atoms with Gasteiger partial charge >= 0.3 is 0 Å². The smallest absolute Gasteiger partial charge is 0.250 e. The molecule has 2 heteroatoms. The molecule has 0 saturated heterocycles. The van der Waals surface area contributed by atoms with E-state index in [1.807, 2.05) is 49.9 Å². The number of likely N-dealkylation sites (N-methyl/N-ethyl adjacent to an activating group) is 1. The Labute approximate surface area is 114 Å². The van der Waals surface area contributed by atoms with Gasteiger partial charge in [-0.15, -0.1) is 0 Å². The highest BCUT2D eigenvalue weighted by atomic mass is 16.2. The van der Waals surface area contributed by atoms with Gasteiger partial charge in [-0.2, -0.15) is 0 Å². The monoisotopic (exact) mass is 253 g/mol. The van der Waals surface area contributed by atoms with Crippen molar-refractivity contribution >= 4 is 22.4 Å². The molecule has 0 bridgehead atoms. The molecule has 0 heterocycles. The highest BCUT2D eigenvalue weighted by Crippen LogP contribution is 2.26. The molecular formula is C17H19NO. The van der Waals surface area contributed by atoms with Crippen LogP contribution < -0.4 is 4.90 Å². The molecule has 0 atom stereocenters. The zero-order chi connectivity index (χ0) is 13.8.